The van der Waals surface area contributed by atoms with E-state index < -0.39 is 17.5 Å². The Labute approximate surface area is 137 Å². The second-order valence-electron chi connectivity index (χ2n) is 5.30. The normalized spacial score (nSPS) is 19.0. The van der Waals surface area contributed by atoms with Crippen molar-refractivity contribution in [3.8, 4) is 0 Å². The fourth-order valence-electron chi connectivity index (χ4n) is 3.14. The van der Waals surface area contributed by atoms with Crippen molar-refractivity contribution < 1.29 is 22.1 Å². The molecule has 8 heteroatoms. The van der Waals surface area contributed by atoms with Gasteiger partial charge in [0.2, 0.25) is 0 Å². The van der Waals surface area contributed by atoms with E-state index in [-0.39, 0.29) is 0 Å². The summed E-state index contributed by atoms with van der Waals surface area (Å²) in [4.78, 5) is 0. The molecular weight excluding hydrogens is 318 g/mol. The summed E-state index contributed by atoms with van der Waals surface area (Å²) in [6.07, 6.45) is 2.13. The first-order valence-corrected chi connectivity index (χ1v) is 12.3. The van der Waals surface area contributed by atoms with Gasteiger partial charge in [-0.1, -0.05) is 0 Å². The molecule has 0 saturated carbocycles. The Morgan fingerprint density at radius 2 is 1.50 bits per heavy atom. The molecular formula is C14H33NO5Si2. The summed E-state index contributed by atoms with van der Waals surface area (Å²) >= 11 is 0. The van der Waals surface area contributed by atoms with Crippen LogP contribution in [-0.2, 0) is 22.1 Å². The topological polar surface area (TPSA) is 49.4 Å². The number of nitrogens with zero attached hydrogens (tertiary/aromatic N) is 1. The zero-order valence-corrected chi connectivity index (χ0v) is 16.9. The van der Waals surface area contributed by atoms with Crippen LogP contribution >= 0.6 is 0 Å². The molecule has 6 nitrogen and oxygen atoms in total. The molecule has 0 unspecified atom stereocenters. The maximum atomic E-state index is 5.90. The van der Waals surface area contributed by atoms with Crippen molar-refractivity contribution in [3.05, 3.63) is 0 Å². The van der Waals surface area contributed by atoms with Gasteiger partial charge < -0.3 is 22.1 Å². The van der Waals surface area contributed by atoms with E-state index in [9.17, 15) is 0 Å². The SMILES string of the molecule is CCO[Si](CCCN1CCC[Si]1(OC)OC)(OCC)OCC. The van der Waals surface area contributed by atoms with Gasteiger partial charge >= 0.3 is 17.5 Å². The summed E-state index contributed by atoms with van der Waals surface area (Å²) in [6.45, 7) is 9.88. The molecule has 0 radical (unpaired) electrons. The molecule has 0 bridgehead atoms. The van der Waals surface area contributed by atoms with Crippen LogP contribution in [0.3, 0.4) is 0 Å². The van der Waals surface area contributed by atoms with Crippen molar-refractivity contribution in [2.45, 2.75) is 45.7 Å². The molecule has 0 aliphatic carbocycles. The van der Waals surface area contributed by atoms with Crippen molar-refractivity contribution in [1.82, 2.24) is 4.57 Å². The molecule has 0 aromatic carbocycles. The van der Waals surface area contributed by atoms with Crippen molar-refractivity contribution in [2.75, 3.05) is 47.1 Å². The van der Waals surface area contributed by atoms with Crippen molar-refractivity contribution in [3.63, 3.8) is 0 Å². The second-order valence-corrected chi connectivity index (χ2v) is 11.4. The minimum atomic E-state index is -2.53. The first-order valence-electron chi connectivity index (χ1n) is 8.39. The second kappa shape index (κ2) is 10.1. The van der Waals surface area contributed by atoms with Crippen molar-refractivity contribution in [1.29, 1.82) is 0 Å². The molecule has 1 aliphatic heterocycles. The molecule has 1 heterocycles. The average molecular weight is 352 g/mol. The zero-order valence-electron chi connectivity index (χ0n) is 14.9. The van der Waals surface area contributed by atoms with Gasteiger partial charge in [-0.3, -0.25) is 4.57 Å². The summed E-state index contributed by atoms with van der Waals surface area (Å²) in [5, 5.41) is 0. The standard InChI is InChI=1S/C14H33NO5Si2/c1-6-18-22(19-7-2,20-8-3)14-10-12-15-11-9-13-21(15,16-4)17-5/h6-14H2,1-5H3. The van der Waals surface area contributed by atoms with Gasteiger partial charge in [-0.2, -0.15) is 0 Å². The van der Waals surface area contributed by atoms with Gasteiger partial charge in [0, 0.05) is 46.1 Å². The summed E-state index contributed by atoms with van der Waals surface area (Å²) < 4.78 is 31.6. The lowest BCUT2D eigenvalue weighted by Gasteiger charge is -2.33. The minimum Gasteiger partial charge on any atom is -0.386 e. The van der Waals surface area contributed by atoms with E-state index in [1.54, 1.807) is 14.2 Å². The summed E-state index contributed by atoms with van der Waals surface area (Å²) in [6, 6.07) is 1.89. The minimum absolute atomic E-state index is 0.630. The highest BCUT2D eigenvalue weighted by Gasteiger charge is 2.47. The Kier molecular flexibility index (Phi) is 9.33. The highest BCUT2D eigenvalue weighted by molar-refractivity contribution is 6.65. The lowest BCUT2D eigenvalue weighted by atomic mass is 10.4. The lowest BCUT2D eigenvalue weighted by molar-refractivity contribution is 0.0700. The first kappa shape index (κ1) is 20.2. The smallest absolute Gasteiger partial charge is 0.386 e. The van der Waals surface area contributed by atoms with Crippen molar-refractivity contribution >= 4 is 17.5 Å². The van der Waals surface area contributed by atoms with Crippen LogP contribution < -0.4 is 0 Å². The maximum Gasteiger partial charge on any atom is 0.500 e. The van der Waals surface area contributed by atoms with E-state index >= 15 is 0 Å². The molecule has 1 rings (SSSR count). The number of rotatable bonds is 12. The van der Waals surface area contributed by atoms with E-state index in [1.807, 2.05) is 20.8 Å². The van der Waals surface area contributed by atoms with E-state index in [0.29, 0.717) is 19.8 Å². The van der Waals surface area contributed by atoms with Crippen LogP contribution in [0.1, 0.15) is 33.6 Å². The van der Waals surface area contributed by atoms with E-state index in [2.05, 4.69) is 4.57 Å². The molecule has 132 valence electrons. The van der Waals surface area contributed by atoms with E-state index in [4.69, 9.17) is 22.1 Å². The van der Waals surface area contributed by atoms with Crippen LogP contribution in [0.2, 0.25) is 12.1 Å². The number of hydrogen-bond acceptors (Lipinski definition) is 6. The van der Waals surface area contributed by atoms with Gasteiger partial charge in [-0.05, 0) is 46.7 Å². The van der Waals surface area contributed by atoms with Crippen LogP contribution in [0, 0.1) is 0 Å². The predicted octanol–water partition coefficient (Wildman–Crippen LogP) is 2.36. The average Bonchev–Trinajstić information content (AvgIpc) is 2.91. The fourth-order valence-corrected chi connectivity index (χ4v) is 8.74. The Morgan fingerprint density at radius 1 is 0.955 bits per heavy atom. The van der Waals surface area contributed by atoms with Crippen LogP contribution in [0.15, 0.2) is 0 Å². The van der Waals surface area contributed by atoms with Gasteiger partial charge in [-0.15, -0.1) is 0 Å². The maximum absolute atomic E-state index is 5.90. The van der Waals surface area contributed by atoms with Crippen LogP contribution in [0.25, 0.3) is 0 Å². The van der Waals surface area contributed by atoms with Gasteiger partial charge in [-0.25, -0.2) is 0 Å². The molecule has 0 amide bonds. The van der Waals surface area contributed by atoms with Gasteiger partial charge in [0.05, 0.1) is 0 Å². The van der Waals surface area contributed by atoms with Crippen molar-refractivity contribution in [2.24, 2.45) is 0 Å². The highest BCUT2D eigenvalue weighted by Crippen LogP contribution is 2.28. The molecule has 0 aromatic heterocycles. The largest absolute Gasteiger partial charge is 0.500 e. The Bertz CT molecular complexity index is 288. The van der Waals surface area contributed by atoms with Gasteiger partial charge in [0.1, 0.15) is 0 Å². The Morgan fingerprint density at radius 3 is 1.95 bits per heavy atom. The number of hydrogen-bond donors (Lipinski definition) is 0. The lowest BCUT2D eigenvalue weighted by Crippen LogP contribution is -2.54. The fraction of sp³-hybridized carbons (Fsp3) is 1.00. The third kappa shape index (κ3) is 5.10. The third-order valence-corrected chi connectivity index (χ3v) is 10.9. The van der Waals surface area contributed by atoms with Crippen LogP contribution in [0.4, 0.5) is 0 Å². The molecule has 1 aliphatic rings. The van der Waals surface area contributed by atoms with E-state index in [1.165, 1.54) is 0 Å². The van der Waals surface area contributed by atoms with Crippen LogP contribution in [0.5, 0.6) is 0 Å². The Balaban J connectivity index is 2.57. The molecule has 0 atom stereocenters. The molecule has 1 saturated heterocycles. The monoisotopic (exact) mass is 351 g/mol. The van der Waals surface area contributed by atoms with Gasteiger partial charge in [0.25, 0.3) is 0 Å². The summed E-state index contributed by atoms with van der Waals surface area (Å²) in [5.41, 5.74) is 0. The summed E-state index contributed by atoms with van der Waals surface area (Å²) in [5.74, 6) is 0. The first-order chi connectivity index (χ1) is 10.6. The molecule has 22 heavy (non-hydrogen) atoms. The molecule has 0 aromatic rings. The highest BCUT2D eigenvalue weighted by atomic mass is 28.4. The summed E-state index contributed by atoms with van der Waals surface area (Å²) in [7, 11) is -1.12. The third-order valence-electron chi connectivity index (χ3n) is 4.04. The Hall–Kier alpha value is 0.194. The van der Waals surface area contributed by atoms with E-state index in [0.717, 1.165) is 38.0 Å². The quantitative estimate of drug-likeness (QED) is 0.503. The van der Waals surface area contributed by atoms with Crippen LogP contribution in [-0.4, -0.2) is 69.2 Å². The van der Waals surface area contributed by atoms with Gasteiger partial charge in [0.15, 0.2) is 0 Å². The predicted molar refractivity (Wildman–Crippen MR) is 90.8 cm³/mol. The molecule has 0 N–H and O–H groups in total. The molecule has 1 fully saturated rings. The molecule has 0 spiro atoms. The zero-order chi connectivity index (χ0) is 16.5.